The molecule has 0 saturated carbocycles. The molecule has 3 atom stereocenters. The van der Waals surface area contributed by atoms with Crippen LogP contribution in [0.5, 0.6) is 0 Å². The van der Waals surface area contributed by atoms with Crippen molar-refractivity contribution in [2.45, 2.75) is 39.6 Å². The first-order chi connectivity index (χ1) is 7.58. The van der Waals surface area contributed by atoms with Crippen molar-refractivity contribution in [3.63, 3.8) is 0 Å². The summed E-state index contributed by atoms with van der Waals surface area (Å²) in [6, 6.07) is 6.68. The number of hydrogen-bond donors (Lipinski definition) is 0. The van der Waals surface area contributed by atoms with Crippen molar-refractivity contribution in [1.29, 1.82) is 0 Å². The van der Waals surface area contributed by atoms with Crippen LogP contribution in [0, 0.1) is 12.3 Å². The lowest BCUT2D eigenvalue weighted by molar-refractivity contribution is -0.253. The van der Waals surface area contributed by atoms with E-state index >= 15 is 0 Å². The first-order valence-electron chi connectivity index (χ1n) is 5.95. The molecule has 1 aliphatic heterocycles. The van der Waals surface area contributed by atoms with Crippen LogP contribution in [0.15, 0.2) is 18.2 Å². The van der Waals surface area contributed by atoms with E-state index in [-0.39, 0.29) is 17.8 Å². The molecule has 2 nitrogen and oxygen atoms in total. The van der Waals surface area contributed by atoms with Crippen LogP contribution >= 0.6 is 0 Å². The van der Waals surface area contributed by atoms with Crippen molar-refractivity contribution in [2.24, 2.45) is 5.41 Å². The average molecular weight is 218 g/mol. The van der Waals surface area contributed by atoms with Crippen LogP contribution in [-0.4, -0.2) is 12.9 Å². The molecule has 0 spiro atoms. The fourth-order valence-corrected chi connectivity index (χ4v) is 2.95. The van der Waals surface area contributed by atoms with Crippen LogP contribution in [0.4, 0.5) is 0 Å². The van der Waals surface area contributed by atoms with Crippen LogP contribution in [0.1, 0.15) is 36.6 Å². The Morgan fingerprint density at radius 3 is 3.00 bits per heavy atom. The molecule has 2 heteroatoms. The van der Waals surface area contributed by atoms with Gasteiger partial charge in [-0.05, 0) is 31.4 Å². The molecule has 0 bridgehead atoms. The van der Waals surface area contributed by atoms with Gasteiger partial charge in [0.1, 0.15) is 0 Å². The highest BCUT2D eigenvalue weighted by molar-refractivity contribution is 5.40. The summed E-state index contributed by atoms with van der Waals surface area (Å²) in [5.41, 5.74) is 4.26. The van der Waals surface area contributed by atoms with Gasteiger partial charge in [0.05, 0.1) is 12.7 Å². The molecule has 0 radical (unpaired) electrons. The summed E-state index contributed by atoms with van der Waals surface area (Å²) in [6.07, 6.45) is 1.21. The van der Waals surface area contributed by atoms with Gasteiger partial charge in [0, 0.05) is 5.41 Å². The molecule has 0 aromatic heterocycles. The minimum atomic E-state index is -0.0784. The minimum Gasteiger partial charge on any atom is -0.352 e. The largest absolute Gasteiger partial charge is 0.352 e. The van der Waals surface area contributed by atoms with Gasteiger partial charge in [-0.25, -0.2) is 0 Å². The summed E-state index contributed by atoms with van der Waals surface area (Å²) in [4.78, 5) is 0. The van der Waals surface area contributed by atoms with E-state index in [4.69, 9.17) is 9.47 Å². The summed E-state index contributed by atoms with van der Waals surface area (Å²) in [7, 11) is 0. The molecule has 1 aromatic carbocycles. The van der Waals surface area contributed by atoms with Gasteiger partial charge in [-0.1, -0.05) is 30.7 Å². The van der Waals surface area contributed by atoms with E-state index in [0.29, 0.717) is 0 Å². The normalized spacial score (nSPS) is 36.9. The maximum Gasteiger partial charge on any atom is 0.155 e. The summed E-state index contributed by atoms with van der Waals surface area (Å²) in [5, 5.41) is 0. The molecule has 1 heterocycles. The van der Waals surface area contributed by atoms with Gasteiger partial charge in [0.25, 0.3) is 0 Å². The highest BCUT2D eigenvalue weighted by atomic mass is 16.7. The van der Waals surface area contributed by atoms with Crippen molar-refractivity contribution >= 4 is 0 Å². The quantitative estimate of drug-likeness (QED) is 0.666. The molecule has 1 aromatic rings. The molecule has 0 amide bonds. The Kier molecular flexibility index (Phi) is 2.13. The van der Waals surface area contributed by atoms with Gasteiger partial charge < -0.3 is 9.47 Å². The van der Waals surface area contributed by atoms with Crippen molar-refractivity contribution < 1.29 is 9.47 Å². The molecule has 1 aliphatic carbocycles. The van der Waals surface area contributed by atoms with Crippen molar-refractivity contribution in [1.82, 2.24) is 0 Å². The van der Waals surface area contributed by atoms with Gasteiger partial charge in [-0.3, -0.25) is 0 Å². The number of rotatable bonds is 0. The zero-order valence-corrected chi connectivity index (χ0v) is 10.1. The molecule has 3 rings (SSSR count). The molecule has 86 valence electrons. The summed E-state index contributed by atoms with van der Waals surface area (Å²) in [6.45, 7) is 7.18. The molecule has 0 N–H and O–H groups in total. The number of aryl methyl sites for hydroxylation is 1. The first-order valence-corrected chi connectivity index (χ1v) is 5.95. The molecular weight excluding hydrogens is 200 g/mol. The van der Waals surface area contributed by atoms with E-state index in [1.165, 1.54) is 16.7 Å². The number of fused-ring (bicyclic) bond motifs is 3. The predicted octanol–water partition coefficient (Wildman–Crippen LogP) is 2.99. The Labute approximate surface area is 96.6 Å². The fraction of sp³-hybridized carbons (Fsp3) is 0.571. The van der Waals surface area contributed by atoms with E-state index in [1.807, 2.05) is 6.92 Å². The lowest BCUT2D eigenvalue weighted by Gasteiger charge is -2.39. The van der Waals surface area contributed by atoms with E-state index in [9.17, 15) is 0 Å². The van der Waals surface area contributed by atoms with Gasteiger partial charge >= 0.3 is 0 Å². The van der Waals surface area contributed by atoms with Gasteiger partial charge in [0.15, 0.2) is 6.29 Å². The smallest absolute Gasteiger partial charge is 0.155 e. The van der Waals surface area contributed by atoms with E-state index in [2.05, 4.69) is 32.0 Å². The average Bonchev–Trinajstić information content (AvgIpc) is 2.50. The van der Waals surface area contributed by atoms with Crippen LogP contribution in [0.3, 0.4) is 0 Å². The van der Waals surface area contributed by atoms with Crippen molar-refractivity contribution in [2.75, 3.05) is 6.61 Å². The Bertz CT molecular complexity index is 427. The van der Waals surface area contributed by atoms with Gasteiger partial charge in [-0.2, -0.15) is 0 Å². The maximum atomic E-state index is 5.96. The molecule has 3 unspecified atom stereocenters. The van der Waals surface area contributed by atoms with E-state index in [0.717, 1.165) is 13.0 Å². The second kappa shape index (κ2) is 3.31. The minimum absolute atomic E-state index is 0.0784. The SMILES string of the molecule is Cc1ccc2c(c1)CC1(C)COC(C)OC21. The summed E-state index contributed by atoms with van der Waals surface area (Å²) >= 11 is 0. The zero-order chi connectivity index (χ0) is 11.3. The summed E-state index contributed by atoms with van der Waals surface area (Å²) in [5.74, 6) is 0. The first kappa shape index (κ1) is 10.3. The van der Waals surface area contributed by atoms with E-state index in [1.54, 1.807) is 0 Å². The third-order valence-corrected chi connectivity index (χ3v) is 3.78. The second-order valence-electron chi connectivity index (χ2n) is 5.43. The Morgan fingerprint density at radius 2 is 2.19 bits per heavy atom. The lowest BCUT2D eigenvalue weighted by Crippen LogP contribution is -2.39. The summed E-state index contributed by atoms with van der Waals surface area (Å²) < 4.78 is 11.6. The molecule has 1 saturated heterocycles. The number of ether oxygens (including phenoxy) is 2. The molecule has 1 fully saturated rings. The van der Waals surface area contributed by atoms with Gasteiger partial charge in [0.2, 0.25) is 0 Å². The van der Waals surface area contributed by atoms with Crippen molar-refractivity contribution in [3.05, 3.63) is 34.9 Å². The molecule has 16 heavy (non-hydrogen) atoms. The molecular formula is C14H18O2. The van der Waals surface area contributed by atoms with Crippen LogP contribution < -0.4 is 0 Å². The third kappa shape index (κ3) is 1.40. The van der Waals surface area contributed by atoms with E-state index < -0.39 is 0 Å². The fourth-order valence-electron chi connectivity index (χ4n) is 2.95. The number of hydrogen-bond acceptors (Lipinski definition) is 2. The van der Waals surface area contributed by atoms with Gasteiger partial charge in [-0.15, -0.1) is 0 Å². The van der Waals surface area contributed by atoms with Crippen LogP contribution in [-0.2, 0) is 15.9 Å². The van der Waals surface area contributed by atoms with Crippen molar-refractivity contribution in [3.8, 4) is 0 Å². The van der Waals surface area contributed by atoms with Crippen LogP contribution in [0.25, 0.3) is 0 Å². The monoisotopic (exact) mass is 218 g/mol. The Balaban J connectivity index is 2.04. The third-order valence-electron chi connectivity index (χ3n) is 3.78. The predicted molar refractivity (Wildman–Crippen MR) is 62.2 cm³/mol. The highest BCUT2D eigenvalue weighted by Gasteiger charge is 2.47. The topological polar surface area (TPSA) is 18.5 Å². The Morgan fingerprint density at radius 1 is 1.38 bits per heavy atom. The van der Waals surface area contributed by atoms with Crippen LogP contribution in [0.2, 0.25) is 0 Å². The highest BCUT2D eigenvalue weighted by Crippen LogP contribution is 2.50. The lowest BCUT2D eigenvalue weighted by atomic mass is 9.85. The second-order valence-corrected chi connectivity index (χ2v) is 5.43. The zero-order valence-electron chi connectivity index (χ0n) is 10.1. The standard InChI is InChI=1S/C14H18O2/c1-9-4-5-12-11(6-9)7-14(3)8-15-10(2)16-13(12)14/h4-6,10,13H,7-8H2,1-3H3. The Hall–Kier alpha value is -0.860. The number of benzene rings is 1. The molecule has 2 aliphatic rings. The maximum absolute atomic E-state index is 5.96.